The maximum atomic E-state index is 5.70. The predicted octanol–water partition coefficient (Wildman–Crippen LogP) is 1.51. The minimum absolute atomic E-state index is 0.278. The van der Waals surface area contributed by atoms with Crippen LogP contribution in [-0.4, -0.2) is 47.0 Å². The summed E-state index contributed by atoms with van der Waals surface area (Å²) in [6.45, 7) is 4.34. The molecule has 2 aliphatic heterocycles. The zero-order chi connectivity index (χ0) is 11.7. The van der Waals surface area contributed by atoms with E-state index in [4.69, 9.17) is 9.47 Å². The van der Waals surface area contributed by atoms with Crippen LogP contribution < -0.4 is 0 Å². The number of likely N-dealkylation sites (tertiary alicyclic amines) is 1. The van der Waals surface area contributed by atoms with E-state index in [1.807, 2.05) is 0 Å². The number of H-pyrrole nitrogens is 1. The SMILES string of the molecule is Brc1cnc(CN2CCC3(CC2)OCCO3)[nH]1. The molecule has 3 rings (SSSR count). The fourth-order valence-corrected chi connectivity index (χ4v) is 2.80. The van der Waals surface area contributed by atoms with E-state index in [0.717, 1.165) is 56.1 Å². The lowest BCUT2D eigenvalue weighted by molar-refractivity contribution is -0.185. The van der Waals surface area contributed by atoms with Gasteiger partial charge in [-0.3, -0.25) is 4.90 Å². The highest BCUT2D eigenvalue weighted by atomic mass is 79.9. The number of imidazole rings is 1. The number of halogens is 1. The van der Waals surface area contributed by atoms with Crippen molar-refractivity contribution in [3.05, 3.63) is 16.6 Å². The summed E-state index contributed by atoms with van der Waals surface area (Å²) >= 11 is 3.37. The van der Waals surface area contributed by atoms with Crippen molar-refractivity contribution in [1.29, 1.82) is 0 Å². The van der Waals surface area contributed by atoms with Gasteiger partial charge in [-0.05, 0) is 15.9 Å². The molecule has 0 radical (unpaired) electrons. The Hall–Kier alpha value is -0.430. The van der Waals surface area contributed by atoms with E-state index in [2.05, 4.69) is 30.8 Å². The summed E-state index contributed by atoms with van der Waals surface area (Å²) in [5.74, 6) is 0.723. The summed E-state index contributed by atoms with van der Waals surface area (Å²) in [4.78, 5) is 9.85. The molecule has 5 nitrogen and oxygen atoms in total. The lowest BCUT2D eigenvalue weighted by Gasteiger charge is -2.37. The molecular weight excluding hydrogens is 286 g/mol. The van der Waals surface area contributed by atoms with Gasteiger partial charge in [-0.25, -0.2) is 4.98 Å². The first kappa shape index (κ1) is 11.6. The smallest absolute Gasteiger partial charge is 0.170 e. The molecule has 2 aliphatic rings. The van der Waals surface area contributed by atoms with Crippen molar-refractivity contribution >= 4 is 15.9 Å². The molecule has 3 heterocycles. The maximum Gasteiger partial charge on any atom is 0.170 e. The second-order valence-electron chi connectivity index (χ2n) is 4.56. The largest absolute Gasteiger partial charge is 0.347 e. The first-order valence-corrected chi connectivity index (χ1v) is 6.75. The molecule has 0 atom stereocenters. The fraction of sp³-hybridized carbons (Fsp3) is 0.727. The van der Waals surface area contributed by atoms with Crippen LogP contribution >= 0.6 is 15.9 Å². The van der Waals surface area contributed by atoms with E-state index < -0.39 is 0 Å². The Balaban J connectivity index is 1.54. The van der Waals surface area contributed by atoms with Crippen molar-refractivity contribution in [3.8, 4) is 0 Å². The summed E-state index contributed by atoms with van der Waals surface area (Å²) < 4.78 is 12.3. The Bertz CT molecular complexity index is 380. The zero-order valence-corrected chi connectivity index (χ0v) is 11.2. The summed E-state index contributed by atoms with van der Waals surface area (Å²) in [7, 11) is 0. The van der Waals surface area contributed by atoms with E-state index in [1.165, 1.54) is 0 Å². The molecule has 1 aromatic heterocycles. The average Bonchev–Trinajstić information content (AvgIpc) is 2.93. The highest BCUT2D eigenvalue weighted by Gasteiger charge is 2.39. The number of nitrogens with zero attached hydrogens (tertiary/aromatic N) is 2. The monoisotopic (exact) mass is 301 g/mol. The zero-order valence-electron chi connectivity index (χ0n) is 9.62. The maximum absolute atomic E-state index is 5.70. The second kappa shape index (κ2) is 4.68. The third-order valence-corrected chi connectivity index (χ3v) is 3.81. The first-order valence-electron chi connectivity index (χ1n) is 5.95. The van der Waals surface area contributed by atoms with Crippen molar-refractivity contribution in [1.82, 2.24) is 14.9 Å². The molecule has 6 heteroatoms. The topological polar surface area (TPSA) is 50.4 Å². The summed E-state index contributed by atoms with van der Waals surface area (Å²) in [6.07, 6.45) is 3.70. The summed E-state index contributed by atoms with van der Waals surface area (Å²) in [5, 5.41) is 0. The number of piperidine rings is 1. The van der Waals surface area contributed by atoms with Crippen LogP contribution in [0.4, 0.5) is 0 Å². The van der Waals surface area contributed by atoms with Gasteiger partial charge in [0.15, 0.2) is 5.79 Å². The van der Waals surface area contributed by atoms with Gasteiger partial charge in [0, 0.05) is 25.9 Å². The number of aromatic amines is 1. The highest BCUT2D eigenvalue weighted by Crippen LogP contribution is 2.31. The van der Waals surface area contributed by atoms with Gasteiger partial charge in [0.1, 0.15) is 10.4 Å². The van der Waals surface area contributed by atoms with Gasteiger partial charge < -0.3 is 14.5 Å². The number of rotatable bonds is 2. The standard InChI is InChI=1S/C11H16BrN3O2/c12-9-7-13-10(14-9)8-15-3-1-11(2-4-15)16-5-6-17-11/h7H,1-6,8H2,(H,13,14). The number of ether oxygens (including phenoxy) is 2. The van der Waals surface area contributed by atoms with E-state index in [-0.39, 0.29) is 5.79 Å². The van der Waals surface area contributed by atoms with Crippen LogP contribution in [-0.2, 0) is 16.0 Å². The van der Waals surface area contributed by atoms with Gasteiger partial charge in [0.05, 0.1) is 26.0 Å². The van der Waals surface area contributed by atoms with Gasteiger partial charge in [0.25, 0.3) is 0 Å². The van der Waals surface area contributed by atoms with E-state index in [9.17, 15) is 0 Å². The molecule has 0 saturated carbocycles. The van der Waals surface area contributed by atoms with Crippen molar-refractivity contribution in [2.24, 2.45) is 0 Å². The third-order valence-electron chi connectivity index (χ3n) is 3.40. The summed E-state index contributed by atoms with van der Waals surface area (Å²) in [6, 6.07) is 0. The minimum atomic E-state index is -0.278. The van der Waals surface area contributed by atoms with Crippen molar-refractivity contribution in [2.75, 3.05) is 26.3 Å². The third kappa shape index (κ3) is 2.54. The van der Waals surface area contributed by atoms with Gasteiger partial charge in [-0.1, -0.05) is 0 Å². The molecule has 1 spiro atoms. The number of aromatic nitrogens is 2. The minimum Gasteiger partial charge on any atom is -0.347 e. The average molecular weight is 302 g/mol. The molecule has 0 amide bonds. The Morgan fingerprint density at radius 1 is 1.35 bits per heavy atom. The van der Waals surface area contributed by atoms with Crippen LogP contribution in [0, 0.1) is 0 Å². The first-order chi connectivity index (χ1) is 8.26. The lowest BCUT2D eigenvalue weighted by atomic mass is 10.0. The molecule has 0 aromatic carbocycles. The summed E-state index contributed by atoms with van der Waals surface area (Å²) in [5.41, 5.74) is 0. The normalized spacial score (nSPS) is 24.5. The van der Waals surface area contributed by atoms with Crippen LogP contribution in [0.3, 0.4) is 0 Å². The Kier molecular flexibility index (Phi) is 3.21. The van der Waals surface area contributed by atoms with Crippen molar-refractivity contribution in [2.45, 2.75) is 25.2 Å². The molecule has 2 fully saturated rings. The second-order valence-corrected chi connectivity index (χ2v) is 5.42. The molecule has 1 N–H and O–H groups in total. The van der Waals surface area contributed by atoms with E-state index in [1.54, 1.807) is 6.20 Å². The number of hydrogen-bond donors (Lipinski definition) is 1. The Labute approximate surface area is 109 Å². The van der Waals surface area contributed by atoms with Crippen LogP contribution in [0.25, 0.3) is 0 Å². The van der Waals surface area contributed by atoms with Gasteiger partial charge in [0.2, 0.25) is 0 Å². The van der Waals surface area contributed by atoms with Crippen LogP contribution in [0.2, 0.25) is 0 Å². The van der Waals surface area contributed by atoms with E-state index >= 15 is 0 Å². The predicted molar refractivity (Wildman–Crippen MR) is 65.4 cm³/mol. The number of nitrogens with one attached hydrogen (secondary N) is 1. The van der Waals surface area contributed by atoms with Gasteiger partial charge >= 0.3 is 0 Å². The highest BCUT2D eigenvalue weighted by molar-refractivity contribution is 9.10. The van der Waals surface area contributed by atoms with E-state index in [0.29, 0.717) is 0 Å². The molecule has 0 aliphatic carbocycles. The Morgan fingerprint density at radius 2 is 2.06 bits per heavy atom. The van der Waals surface area contributed by atoms with Crippen LogP contribution in [0.1, 0.15) is 18.7 Å². The number of hydrogen-bond acceptors (Lipinski definition) is 4. The lowest BCUT2D eigenvalue weighted by Crippen LogP contribution is -2.44. The molecule has 0 bridgehead atoms. The van der Waals surface area contributed by atoms with Crippen LogP contribution in [0.15, 0.2) is 10.8 Å². The van der Waals surface area contributed by atoms with Crippen LogP contribution in [0.5, 0.6) is 0 Å². The molecule has 2 saturated heterocycles. The van der Waals surface area contributed by atoms with Crippen molar-refractivity contribution < 1.29 is 9.47 Å². The Morgan fingerprint density at radius 3 is 2.65 bits per heavy atom. The van der Waals surface area contributed by atoms with Gasteiger partial charge in [-0.2, -0.15) is 0 Å². The molecule has 1 aromatic rings. The van der Waals surface area contributed by atoms with Crippen molar-refractivity contribution in [3.63, 3.8) is 0 Å². The molecule has 94 valence electrons. The quantitative estimate of drug-likeness (QED) is 0.900. The molecule has 0 unspecified atom stereocenters. The molecular formula is C11H16BrN3O2. The fourth-order valence-electron chi connectivity index (χ4n) is 2.47. The molecule has 17 heavy (non-hydrogen) atoms. The van der Waals surface area contributed by atoms with Gasteiger partial charge in [-0.15, -0.1) is 0 Å².